The van der Waals surface area contributed by atoms with E-state index in [9.17, 15) is 4.79 Å². The second-order valence-electron chi connectivity index (χ2n) is 5.01. The molecule has 110 valence electrons. The number of aromatic nitrogens is 2. The predicted octanol–water partition coefficient (Wildman–Crippen LogP) is 0.858. The van der Waals surface area contributed by atoms with Gasteiger partial charge in [-0.3, -0.25) is 4.79 Å². The molecule has 0 spiro atoms. The van der Waals surface area contributed by atoms with Crippen LogP contribution in [-0.2, 0) is 16.1 Å². The first-order valence-electron chi connectivity index (χ1n) is 6.98. The van der Waals surface area contributed by atoms with Gasteiger partial charge in [0.1, 0.15) is 6.04 Å². The van der Waals surface area contributed by atoms with Crippen molar-refractivity contribution in [1.29, 1.82) is 0 Å². The second kappa shape index (κ2) is 6.51. The lowest BCUT2D eigenvalue weighted by Crippen LogP contribution is -2.48. The zero-order chi connectivity index (χ0) is 14.5. The van der Waals surface area contributed by atoms with Gasteiger partial charge in [0.15, 0.2) is 0 Å². The molecule has 0 aliphatic carbocycles. The number of carbonyl (C=O) groups is 1. The summed E-state index contributed by atoms with van der Waals surface area (Å²) in [6.45, 7) is 2.51. The molecule has 2 heterocycles. The van der Waals surface area contributed by atoms with E-state index in [2.05, 4.69) is 15.6 Å². The molecule has 3 rings (SSSR count). The Morgan fingerprint density at radius 1 is 1.52 bits per heavy atom. The summed E-state index contributed by atoms with van der Waals surface area (Å²) >= 11 is 0. The van der Waals surface area contributed by atoms with Gasteiger partial charge in [0, 0.05) is 31.2 Å². The van der Waals surface area contributed by atoms with Crippen LogP contribution in [0.2, 0.25) is 0 Å². The Kier molecular flexibility index (Phi) is 4.28. The molecule has 1 aliphatic heterocycles. The molecule has 21 heavy (non-hydrogen) atoms. The van der Waals surface area contributed by atoms with Gasteiger partial charge in [0.25, 0.3) is 0 Å². The normalized spacial score (nSPS) is 18.4. The number of anilines is 1. The third-order valence-corrected chi connectivity index (χ3v) is 3.36. The van der Waals surface area contributed by atoms with Gasteiger partial charge in [-0.15, -0.1) is 0 Å². The Hall–Kier alpha value is -2.18. The van der Waals surface area contributed by atoms with Crippen molar-refractivity contribution in [3.63, 3.8) is 0 Å². The number of amides is 1. The fourth-order valence-electron chi connectivity index (χ4n) is 2.30. The van der Waals surface area contributed by atoms with E-state index in [0.29, 0.717) is 19.8 Å². The minimum absolute atomic E-state index is 0.0607. The Labute approximate surface area is 123 Å². The highest BCUT2D eigenvalue weighted by Crippen LogP contribution is 2.12. The van der Waals surface area contributed by atoms with Crippen LogP contribution >= 0.6 is 0 Å². The van der Waals surface area contributed by atoms with E-state index in [1.165, 1.54) is 0 Å². The third-order valence-electron chi connectivity index (χ3n) is 3.36. The minimum Gasteiger partial charge on any atom is -0.378 e. The standard InChI is InChI=1S/C15H18N4O2/c20-15(14-10-21-7-5-17-14)18-13-3-1-2-12(8-13)9-19-6-4-16-11-19/h1-4,6,8,11,14,17H,5,7,9-10H2,(H,18,20). The molecule has 2 N–H and O–H groups in total. The maximum atomic E-state index is 12.1. The van der Waals surface area contributed by atoms with Gasteiger partial charge in [-0.1, -0.05) is 12.1 Å². The van der Waals surface area contributed by atoms with E-state index in [4.69, 9.17) is 4.74 Å². The van der Waals surface area contributed by atoms with Crippen LogP contribution in [-0.4, -0.2) is 41.3 Å². The number of morpholine rings is 1. The molecule has 1 aliphatic rings. The van der Waals surface area contributed by atoms with Crippen LogP contribution < -0.4 is 10.6 Å². The van der Waals surface area contributed by atoms with Crippen molar-refractivity contribution >= 4 is 11.6 Å². The van der Waals surface area contributed by atoms with Crippen LogP contribution in [0.5, 0.6) is 0 Å². The number of rotatable bonds is 4. The molecule has 0 saturated carbocycles. The molecule has 2 aromatic rings. The van der Waals surface area contributed by atoms with Gasteiger partial charge in [-0.05, 0) is 17.7 Å². The summed E-state index contributed by atoms with van der Waals surface area (Å²) < 4.78 is 7.28. The molecule has 1 aromatic carbocycles. The summed E-state index contributed by atoms with van der Waals surface area (Å²) in [5.74, 6) is -0.0607. The van der Waals surface area contributed by atoms with Crippen LogP contribution in [0.4, 0.5) is 5.69 Å². The van der Waals surface area contributed by atoms with Gasteiger partial charge >= 0.3 is 0 Å². The number of imidazole rings is 1. The zero-order valence-corrected chi connectivity index (χ0v) is 11.7. The SMILES string of the molecule is O=C(Nc1cccc(Cn2ccnc2)c1)C1COCCN1. The fourth-order valence-corrected chi connectivity index (χ4v) is 2.30. The Morgan fingerprint density at radius 3 is 3.24 bits per heavy atom. The Morgan fingerprint density at radius 2 is 2.48 bits per heavy atom. The van der Waals surface area contributed by atoms with E-state index in [1.54, 1.807) is 12.5 Å². The van der Waals surface area contributed by atoms with Crippen molar-refractivity contribution < 1.29 is 9.53 Å². The van der Waals surface area contributed by atoms with Gasteiger partial charge in [0.05, 0.1) is 19.5 Å². The smallest absolute Gasteiger partial charge is 0.243 e. The predicted molar refractivity (Wildman–Crippen MR) is 79.0 cm³/mol. The molecular formula is C15H18N4O2. The molecule has 6 heteroatoms. The average Bonchev–Trinajstić information content (AvgIpc) is 3.01. The van der Waals surface area contributed by atoms with Crippen molar-refractivity contribution in [2.75, 3.05) is 25.1 Å². The molecule has 1 unspecified atom stereocenters. The van der Waals surface area contributed by atoms with Crippen molar-refractivity contribution in [1.82, 2.24) is 14.9 Å². The Bertz CT molecular complexity index is 591. The number of ether oxygens (including phenoxy) is 1. The third kappa shape index (κ3) is 3.68. The quantitative estimate of drug-likeness (QED) is 0.874. The monoisotopic (exact) mass is 286 g/mol. The Balaban J connectivity index is 1.63. The van der Waals surface area contributed by atoms with Crippen molar-refractivity contribution in [2.45, 2.75) is 12.6 Å². The van der Waals surface area contributed by atoms with Gasteiger partial charge in [-0.2, -0.15) is 0 Å². The number of benzene rings is 1. The molecule has 1 aromatic heterocycles. The number of nitrogens with zero attached hydrogens (tertiary/aromatic N) is 2. The largest absolute Gasteiger partial charge is 0.378 e. The highest BCUT2D eigenvalue weighted by Gasteiger charge is 2.21. The molecule has 1 fully saturated rings. The maximum absolute atomic E-state index is 12.1. The van der Waals surface area contributed by atoms with E-state index in [1.807, 2.05) is 35.0 Å². The van der Waals surface area contributed by atoms with Crippen LogP contribution in [0.1, 0.15) is 5.56 Å². The topological polar surface area (TPSA) is 68.2 Å². The van der Waals surface area contributed by atoms with Crippen LogP contribution in [0.15, 0.2) is 43.0 Å². The van der Waals surface area contributed by atoms with Crippen molar-refractivity contribution in [2.24, 2.45) is 0 Å². The fraction of sp³-hybridized carbons (Fsp3) is 0.333. The van der Waals surface area contributed by atoms with E-state index < -0.39 is 0 Å². The average molecular weight is 286 g/mol. The first kappa shape index (κ1) is 13.8. The molecule has 1 saturated heterocycles. The summed E-state index contributed by atoms with van der Waals surface area (Å²) in [7, 11) is 0. The lowest BCUT2D eigenvalue weighted by Gasteiger charge is -2.23. The van der Waals surface area contributed by atoms with Crippen LogP contribution in [0, 0.1) is 0 Å². The highest BCUT2D eigenvalue weighted by molar-refractivity contribution is 5.95. The number of nitrogens with one attached hydrogen (secondary N) is 2. The lowest BCUT2D eigenvalue weighted by molar-refractivity contribution is -0.120. The molecule has 1 amide bonds. The lowest BCUT2D eigenvalue weighted by atomic mass is 10.2. The molecule has 6 nitrogen and oxygen atoms in total. The minimum atomic E-state index is -0.281. The van der Waals surface area contributed by atoms with Crippen molar-refractivity contribution in [3.8, 4) is 0 Å². The highest BCUT2D eigenvalue weighted by atomic mass is 16.5. The summed E-state index contributed by atoms with van der Waals surface area (Å²) in [5.41, 5.74) is 1.91. The maximum Gasteiger partial charge on any atom is 0.243 e. The summed E-state index contributed by atoms with van der Waals surface area (Å²) in [4.78, 5) is 16.1. The molecule has 0 radical (unpaired) electrons. The zero-order valence-electron chi connectivity index (χ0n) is 11.7. The first-order chi connectivity index (χ1) is 10.3. The summed E-state index contributed by atoms with van der Waals surface area (Å²) in [6, 6.07) is 7.54. The van der Waals surface area contributed by atoms with E-state index in [0.717, 1.165) is 17.8 Å². The molecular weight excluding hydrogens is 268 g/mol. The summed E-state index contributed by atoms with van der Waals surface area (Å²) in [6.07, 6.45) is 5.43. The van der Waals surface area contributed by atoms with E-state index in [-0.39, 0.29) is 11.9 Å². The first-order valence-corrected chi connectivity index (χ1v) is 6.98. The summed E-state index contributed by atoms with van der Waals surface area (Å²) in [5, 5.41) is 6.07. The van der Waals surface area contributed by atoms with Gasteiger partial charge in [0.2, 0.25) is 5.91 Å². The second-order valence-corrected chi connectivity index (χ2v) is 5.01. The number of hydrogen-bond acceptors (Lipinski definition) is 4. The number of hydrogen-bond donors (Lipinski definition) is 2. The molecule has 0 bridgehead atoms. The van der Waals surface area contributed by atoms with Crippen molar-refractivity contribution in [3.05, 3.63) is 48.5 Å². The van der Waals surface area contributed by atoms with Gasteiger partial charge in [-0.25, -0.2) is 4.98 Å². The molecule has 1 atom stereocenters. The van der Waals surface area contributed by atoms with Crippen LogP contribution in [0.25, 0.3) is 0 Å². The van der Waals surface area contributed by atoms with Gasteiger partial charge < -0.3 is 19.9 Å². The number of carbonyl (C=O) groups excluding carboxylic acids is 1. The van der Waals surface area contributed by atoms with Crippen LogP contribution in [0.3, 0.4) is 0 Å². The van der Waals surface area contributed by atoms with E-state index >= 15 is 0 Å².